The van der Waals surface area contributed by atoms with E-state index < -0.39 is 0 Å². The first kappa shape index (κ1) is 21.2. The van der Waals surface area contributed by atoms with Gasteiger partial charge in [-0.2, -0.15) is 0 Å². The molecule has 2 heterocycles. The zero-order valence-electron chi connectivity index (χ0n) is 17.7. The van der Waals surface area contributed by atoms with Crippen LogP contribution in [0.15, 0.2) is 73.1 Å². The summed E-state index contributed by atoms with van der Waals surface area (Å²) in [5.41, 5.74) is 7.36. The van der Waals surface area contributed by atoms with E-state index in [0.717, 1.165) is 37.3 Å². The van der Waals surface area contributed by atoms with Crippen molar-refractivity contribution in [1.82, 2.24) is 9.97 Å². The zero-order chi connectivity index (χ0) is 22.8. The smallest absolute Gasteiger partial charge is 0.151 e. The molecular formula is C26H19ClN4OS. The van der Waals surface area contributed by atoms with Gasteiger partial charge in [-0.25, -0.2) is 9.97 Å². The van der Waals surface area contributed by atoms with Crippen molar-refractivity contribution in [2.24, 2.45) is 5.73 Å². The molecule has 1 unspecified atom stereocenters. The average molecular weight is 471 g/mol. The Labute approximate surface area is 200 Å². The third-order valence-corrected chi connectivity index (χ3v) is 6.24. The number of nitrogens with zero attached hydrogens (tertiary/aromatic N) is 2. The minimum Gasteiger partial charge on any atom is -0.455 e. The van der Waals surface area contributed by atoms with Crippen molar-refractivity contribution in [2.75, 3.05) is 5.32 Å². The van der Waals surface area contributed by atoms with Gasteiger partial charge in [0.2, 0.25) is 0 Å². The fourth-order valence-electron chi connectivity index (χ4n) is 3.39. The molecule has 2 aromatic heterocycles. The van der Waals surface area contributed by atoms with Gasteiger partial charge in [0.05, 0.1) is 26.2 Å². The first-order chi connectivity index (χ1) is 16.1. The molecule has 0 aliphatic carbocycles. The van der Waals surface area contributed by atoms with Crippen molar-refractivity contribution in [3.05, 3.63) is 83.0 Å². The van der Waals surface area contributed by atoms with E-state index in [2.05, 4.69) is 39.3 Å². The van der Waals surface area contributed by atoms with Crippen LogP contribution in [0, 0.1) is 11.8 Å². The molecule has 0 amide bonds. The Bertz CT molecular complexity index is 1530. The van der Waals surface area contributed by atoms with Crippen LogP contribution in [0.2, 0.25) is 5.02 Å². The summed E-state index contributed by atoms with van der Waals surface area (Å²) < 4.78 is 7.05. The lowest BCUT2D eigenvalue weighted by Crippen LogP contribution is -2.10. The number of aromatic nitrogens is 2. The molecule has 5 nitrogen and oxygen atoms in total. The maximum atomic E-state index is 6.56. The van der Waals surface area contributed by atoms with E-state index in [1.807, 2.05) is 61.5 Å². The fourth-order valence-corrected chi connectivity index (χ4v) is 4.53. The number of rotatable bonds is 4. The molecule has 0 bridgehead atoms. The van der Waals surface area contributed by atoms with Gasteiger partial charge >= 0.3 is 0 Å². The van der Waals surface area contributed by atoms with Crippen LogP contribution in [0.4, 0.5) is 11.5 Å². The number of hydrogen-bond acceptors (Lipinski definition) is 6. The maximum Gasteiger partial charge on any atom is 0.151 e. The van der Waals surface area contributed by atoms with Crippen LogP contribution in [0.25, 0.3) is 21.0 Å². The quantitative estimate of drug-likeness (QED) is 0.285. The SMILES string of the molecule is CC(N)C#Cc1cc2ncnc(Nc3ccc(Oc4cccc5ccccc45)c(Cl)c3)c2s1. The van der Waals surface area contributed by atoms with Crippen LogP contribution in [-0.4, -0.2) is 16.0 Å². The van der Waals surface area contributed by atoms with Crippen molar-refractivity contribution < 1.29 is 4.74 Å². The Morgan fingerprint density at radius 3 is 2.73 bits per heavy atom. The largest absolute Gasteiger partial charge is 0.455 e. The van der Waals surface area contributed by atoms with Crippen LogP contribution in [0.5, 0.6) is 11.5 Å². The van der Waals surface area contributed by atoms with Gasteiger partial charge in [-0.15, -0.1) is 11.3 Å². The summed E-state index contributed by atoms with van der Waals surface area (Å²) in [4.78, 5) is 9.65. The Morgan fingerprint density at radius 1 is 1.03 bits per heavy atom. The monoisotopic (exact) mass is 470 g/mol. The van der Waals surface area contributed by atoms with E-state index >= 15 is 0 Å². The summed E-state index contributed by atoms with van der Waals surface area (Å²) in [6.45, 7) is 1.85. The topological polar surface area (TPSA) is 73.1 Å². The number of hydrogen-bond donors (Lipinski definition) is 2. The number of halogens is 1. The van der Waals surface area contributed by atoms with Gasteiger partial charge in [-0.3, -0.25) is 0 Å². The second-order valence-corrected chi connectivity index (χ2v) is 8.91. The molecule has 0 saturated carbocycles. The molecule has 5 aromatic rings. The van der Waals surface area contributed by atoms with Crippen molar-refractivity contribution in [3.63, 3.8) is 0 Å². The third kappa shape index (κ3) is 4.62. The molecule has 0 fully saturated rings. The molecule has 3 N–H and O–H groups in total. The molecule has 7 heteroatoms. The van der Waals surface area contributed by atoms with Gasteiger partial charge in [-0.05, 0) is 42.6 Å². The molecule has 0 spiro atoms. The van der Waals surface area contributed by atoms with E-state index in [-0.39, 0.29) is 6.04 Å². The normalized spacial score (nSPS) is 11.7. The summed E-state index contributed by atoms with van der Waals surface area (Å²) in [5, 5.41) is 5.97. The zero-order valence-corrected chi connectivity index (χ0v) is 19.2. The highest BCUT2D eigenvalue weighted by Crippen LogP contribution is 2.36. The van der Waals surface area contributed by atoms with Crippen LogP contribution < -0.4 is 15.8 Å². The summed E-state index contributed by atoms with van der Waals surface area (Å²) in [6, 6.07) is 21.4. The average Bonchev–Trinajstić information content (AvgIpc) is 3.24. The number of anilines is 2. The highest BCUT2D eigenvalue weighted by atomic mass is 35.5. The molecule has 0 aliphatic heterocycles. The third-order valence-electron chi connectivity index (χ3n) is 4.90. The van der Waals surface area contributed by atoms with E-state index in [4.69, 9.17) is 22.1 Å². The highest BCUT2D eigenvalue weighted by molar-refractivity contribution is 7.20. The van der Waals surface area contributed by atoms with Crippen LogP contribution in [0.1, 0.15) is 11.8 Å². The second kappa shape index (κ2) is 9.08. The Morgan fingerprint density at radius 2 is 1.88 bits per heavy atom. The number of thiophene rings is 1. The van der Waals surface area contributed by atoms with Crippen molar-refractivity contribution >= 4 is 55.4 Å². The predicted octanol–water partition coefficient (Wildman–Crippen LogP) is 6.73. The van der Waals surface area contributed by atoms with Crippen LogP contribution in [0.3, 0.4) is 0 Å². The Hall–Kier alpha value is -3.63. The summed E-state index contributed by atoms with van der Waals surface area (Å²) in [5.74, 6) is 8.09. The van der Waals surface area contributed by atoms with Gasteiger partial charge in [0, 0.05) is 11.1 Å². The first-order valence-corrected chi connectivity index (χ1v) is 11.5. The van der Waals surface area contributed by atoms with Crippen molar-refractivity contribution in [1.29, 1.82) is 0 Å². The summed E-state index contributed by atoms with van der Waals surface area (Å²) in [7, 11) is 0. The second-order valence-electron chi connectivity index (χ2n) is 7.45. The van der Waals surface area contributed by atoms with Crippen molar-refractivity contribution in [2.45, 2.75) is 13.0 Å². The number of fused-ring (bicyclic) bond motifs is 2. The van der Waals surface area contributed by atoms with Gasteiger partial charge in [-0.1, -0.05) is 59.8 Å². The Kier molecular flexibility index (Phi) is 5.84. The summed E-state index contributed by atoms with van der Waals surface area (Å²) >= 11 is 8.09. The maximum absolute atomic E-state index is 6.56. The van der Waals surface area contributed by atoms with E-state index in [1.54, 1.807) is 0 Å². The van der Waals surface area contributed by atoms with Crippen LogP contribution in [-0.2, 0) is 0 Å². The Balaban J connectivity index is 1.41. The standard InChI is InChI=1S/C26H19ClN4OS/c1-16(28)9-11-19-14-22-25(33-19)26(30-15-29-22)31-18-10-12-24(21(27)13-18)32-23-8-4-6-17-5-2-3-7-20(17)23/h2-8,10,12-16H,28H2,1H3,(H,29,30,31). The molecule has 0 aliphatic rings. The molecule has 5 rings (SSSR count). The lowest BCUT2D eigenvalue weighted by Gasteiger charge is -2.12. The number of nitrogens with one attached hydrogen (secondary N) is 1. The van der Waals surface area contributed by atoms with E-state index in [1.165, 1.54) is 17.7 Å². The molecule has 3 aromatic carbocycles. The van der Waals surface area contributed by atoms with Crippen LogP contribution >= 0.6 is 22.9 Å². The van der Waals surface area contributed by atoms with Gasteiger partial charge in [0.1, 0.15) is 17.8 Å². The van der Waals surface area contributed by atoms with E-state index in [9.17, 15) is 0 Å². The molecule has 162 valence electrons. The highest BCUT2D eigenvalue weighted by Gasteiger charge is 2.11. The van der Waals surface area contributed by atoms with Crippen molar-refractivity contribution in [3.8, 4) is 23.3 Å². The number of ether oxygens (including phenoxy) is 1. The lowest BCUT2D eigenvalue weighted by atomic mass is 10.1. The molecule has 0 radical (unpaired) electrons. The fraction of sp³-hybridized carbons (Fsp3) is 0.0769. The molecule has 1 atom stereocenters. The molecular weight excluding hydrogens is 452 g/mol. The van der Waals surface area contributed by atoms with E-state index in [0.29, 0.717) is 16.6 Å². The molecule has 33 heavy (non-hydrogen) atoms. The van der Waals surface area contributed by atoms with Gasteiger partial charge < -0.3 is 15.8 Å². The minimum atomic E-state index is -0.185. The van der Waals surface area contributed by atoms with Gasteiger partial charge in [0.25, 0.3) is 0 Å². The first-order valence-electron chi connectivity index (χ1n) is 10.3. The van der Waals surface area contributed by atoms with Gasteiger partial charge in [0.15, 0.2) is 5.82 Å². The summed E-state index contributed by atoms with van der Waals surface area (Å²) in [6.07, 6.45) is 1.53. The molecule has 0 saturated heterocycles. The number of nitrogens with two attached hydrogens (primary N) is 1. The lowest BCUT2D eigenvalue weighted by molar-refractivity contribution is 0.488. The minimum absolute atomic E-state index is 0.185. The number of benzene rings is 3. The predicted molar refractivity (Wildman–Crippen MR) is 137 cm³/mol.